The first kappa shape index (κ1) is 10.3. The van der Waals surface area contributed by atoms with Crippen LogP contribution in [0.5, 0.6) is 0 Å². The number of aromatic amines is 1. The Morgan fingerprint density at radius 3 is 2.64 bits per heavy atom. The van der Waals surface area contributed by atoms with Gasteiger partial charge in [-0.3, -0.25) is 0 Å². The van der Waals surface area contributed by atoms with Crippen molar-refractivity contribution in [1.82, 2.24) is 9.97 Å². The fourth-order valence-electron chi connectivity index (χ4n) is 1.44. The Morgan fingerprint density at radius 2 is 2.14 bits per heavy atom. The van der Waals surface area contributed by atoms with Gasteiger partial charge in [-0.25, -0.2) is 4.98 Å². The Labute approximate surface area is 97.3 Å². The van der Waals surface area contributed by atoms with Crippen LogP contribution >= 0.6 is 28.1 Å². The molecule has 1 fully saturated rings. The van der Waals surface area contributed by atoms with Crippen molar-refractivity contribution in [1.29, 1.82) is 0 Å². The lowest BCUT2D eigenvalue weighted by atomic mass is 10.1. The summed E-state index contributed by atoms with van der Waals surface area (Å²) < 4.78 is 1.64. The van der Waals surface area contributed by atoms with E-state index >= 15 is 0 Å². The highest BCUT2D eigenvalue weighted by Gasteiger charge is 2.26. The normalized spacial score (nSPS) is 16.3. The minimum atomic E-state index is 0.451. The molecule has 1 aromatic rings. The largest absolute Gasteiger partial charge is 0.346 e. The SMILES string of the molecule is CC(C)c1[nH]c(C2CC2)nc(=S)c1Br. The maximum atomic E-state index is 5.22. The van der Waals surface area contributed by atoms with Gasteiger partial charge in [-0.15, -0.1) is 0 Å². The lowest BCUT2D eigenvalue weighted by Gasteiger charge is -2.10. The molecule has 1 aliphatic rings. The van der Waals surface area contributed by atoms with E-state index in [0.717, 1.165) is 10.3 Å². The van der Waals surface area contributed by atoms with Gasteiger partial charge in [0.1, 0.15) is 10.5 Å². The van der Waals surface area contributed by atoms with Crippen molar-refractivity contribution in [3.8, 4) is 0 Å². The number of hydrogen-bond donors (Lipinski definition) is 1. The molecule has 0 unspecified atom stereocenters. The average molecular weight is 273 g/mol. The lowest BCUT2D eigenvalue weighted by molar-refractivity contribution is 0.772. The molecule has 1 aliphatic carbocycles. The molecule has 1 heterocycles. The highest BCUT2D eigenvalue weighted by molar-refractivity contribution is 9.10. The van der Waals surface area contributed by atoms with Gasteiger partial charge >= 0.3 is 0 Å². The first-order valence-electron chi connectivity index (χ1n) is 4.89. The summed E-state index contributed by atoms with van der Waals surface area (Å²) >= 11 is 8.70. The predicted molar refractivity (Wildman–Crippen MR) is 63.2 cm³/mol. The van der Waals surface area contributed by atoms with E-state index in [4.69, 9.17) is 12.2 Å². The van der Waals surface area contributed by atoms with E-state index in [9.17, 15) is 0 Å². The number of aromatic nitrogens is 2. The van der Waals surface area contributed by atoms with E-state index in [1.165, 1.54) is 18.5 Å². The molecule has 0 radical (unpaired) electrons. The molecule has 0 aliphatic heterocycles. The molecule has 0 atom stereocenters. The van der Waals surface area contributed by atoms with Crippen LogP contribution in [0.15, 0.2) is 4.47 Å². The molecule has 4 heteroatoms. The van der Waals surface area contributed by atoms with Crippen molar-refractivity contribution in [2.45, 2.75) is 38.5 Å². The molecular formula is C10H13BrN2S. The van der Waals surface area contributed by atoms with Crippen LogP contribution in [0.2, 0.25) is 0 Å². The van der Waals surface area contributed by atoms with Gasteiger partial charge in [0.25, 0.3) is 0 Å². The van der Waals surface area contributed by atoms with Crippen molar-refractivity contribution in [3.63, 3.8) is 0 Å². The first-order chi connectivity index (χ1) is 6.59. The number of nitrogens with one attached hydrogen (secondary N) is 1. The smallest absolute Gasteiger partial charge is 0.144 e. The highest BCUT2D eigenvalue weighted by Crippen LogP contribution is 2.39. The molecule has 0 aromatic carbocycles. The van der Waals surface area contributed by atoms with Crippen molar-refractivity contribution >= 4 is 28.1 Å². The summed E-state index contributed by atoms with van der Waals surface area (Å²) in [6.07, 6.45) is 2.49. The average Bonchev–Trinajstić information content (AvgIpc) is 2.91. The van der Waals surface area contributed by atoms with E-state index in [1.807, 2.05) is 0 Å². The quantitative estimate of drug-likeness (QED) is 0.828. The zero-order chi connectivity index (χ0) is 10.3. The van der Waals surface area contributed by atoms with Crippen LogP contribution in [0.3, 0.4) is 0 Å². The van der Waals surface area contributed by atoms with E-state index in [0.29, 0.717) is 16.5 Å². The Kier molecular flexibility index (Phi) is 2.75. The van der Waals surface area contributed by atoms with Gasteiger partial charge in [0.05, 0.1) is 4.47 Å². The van der Waals surface area contributed by atoms with Crippen molar-refractivity contribution in [3.05, 3.63) is 20.6 Å². The van der Waals surface area contributed by atoms with E-state index < -0.39 is 0 Å². The third-order valence-corrected chi connectivity index (χ3v) is 3.81. The molecule has 76 valence electrons. The molecule has 1 N–H and O–H groups in total. The lowest BCUT2D eigenvalue weighted by Crippen LogP contribution is -2.02. The number of halogens is 1. The summed E-state index contributed by atoms with van der Waals surface area (Å²) in [7, 11) is 0. The molecule has 0 amide bonds. The Morgan fingerprint density at radius 1 is 1.50 bits per heavy atom. The van der Waals surface area contributed by atoms with Gasteiger partial charge < -0.3 is 4.98 Å². The van der Waals surface area contributed by atoms with Crippen LogP contribution in [0.1, 0.15) is 50.0 Å². The summed E-state index contributed by atoms with van der Waals surface area (Å²) in [6, 6.07) is 0. The van der Waals surface area contributed by atoms with Gasteiger partial charge in [0.15, 0.2) is 0 Å². The second kappa shape index (κ2) is 3.74. The molecule has 1 aromatic heterocycles. The van der Waals surface area contributed by atoms with Gasteiger partial charge in [-0.1, -0.05) is 26.1 Å². The Balaban J connectivity index is 2.52. The summed E-state index contributed by atoms with van der Waals surface area (Å²) in [6.45, 7) is 4.31. The molecule has 1 saturated carbocycles. The highest BCUT2D eigenvalue weighted by atomic mass is 79.9. The Hall–Kier alpha value is -0.220. The summed E-state index contributed by atoms with van der Waals surface area (Å²) in [5.74, 6) is 2.15. The summed E-state index contributed by atoms with van der Waals surface area (Å²) in [5, 5.41) is 0. The molecule has 0 bridgehead atoms. The number of H-pyrrole nitrogens is 1. The van der Waals surface area contributed by atoms with Crippen LogP contribution in [-0.2, 0) is 0 Å². The molecule has 0 saturated heterocycles. The summed E-state index contributed by atoms with van der Waals surface area (Å²) in [5.41, 5.74) is 1.17. The minimum Gasteiger partial charge on any atom is -0.346 e. The first-order valence-corrected chi connectivity index (χ1v) is 6.09. The molecule has 0 spiro atoms. The van der Waals surface area contributed by atoms with E-state index in [-0.39, 0.29) is 0 Å². The van der Waals surface area contributed by atoms with Crippen molar-refractivity contribution in [2.24, 2.45) is 0 Å². The maximum absolute atomic E-state index is 5.22. The third kappa shape index (κ3) is 1.91. The van der Waals surface area contributed by atoms with E-state index in [2.05, 4.69) is 39.7 Å². The topological polar surface area (TPSA) is 28.7 Å². The number of hydrogen-bond acceptors (Lipinski definition) is 2. The van der Waals surface area contributed by atoms with Crippen molar-refractivity contribution < 1.29 is 0 Å². The second-order valence-corrected chi connectivity index (χ2v) is 5.26. The molecular weight excluding hydrogens is 260 g/mol. The minimum absolute atomic E-state index is 0.451. The number of nitrogens with zero attached hydrogens (tertiary/aromatic N) is 1. The summed E-state index contributed by atoms with van der Waals surface area (Å²) in [4.78, 5) is 7.78. The maximum Gasteiger partial charge on any atom is 0.144 e. The predicted octanol–water partition coefficient (Wildman–Crippen LogP) is 3.90. The van der Waals surface area contributed by atoms with Gasteiger partial charge in [-0.05, 0) is 34.7 Å². The zero-order valence-corrected chi connectivity index (χ0v) is 10.7. The fraction of sp³-hybridized carbons (Fsp3) is 0.600. The van der Waals surface area contributed by atoms with E-state index in [1.54, 1.807) is 0 Å². The Bertz CT molecular complexity index is 407. The number of rotatable bonds is 2. The fourth-order valence-corrected chi connectivity index (χ4v) is 2.30. The molecule has 14 heavy (non-hydrogen) atoms. The van der Waals surface area contributed by atoms with Crippen molar-refractivity contribution in [2.75, 3.05) is 0 Å². The molecule has 2 rings (SSSR count). The zero-order valence-electron chi connectivity index (χ0n) is 8.30. The van der Waals surface area contributed by atoms with Crippen LogP contribution in [0, 0.1) is 4.64 Å². The van der Waals surface area contributed by atoms with Crippen LogP contribution in [0.25, 0.3) is 0 Å². The van der Waals surface area contributed by atoms with Gasteiger partial charge in [0.2, 0.25) is 0 Å². The molecule has 2 nitrogen and oxygen atoms in total. The van der Waals surface area contributed by atoms with Crippen LogP contribution in [0.4, 0.5) is 0 Å². The third-order valence-electron chi connectivity index (χ3n) is 2.45. The standard InChI is InChI=1S/C10H13BrN2S/c1-5(2)8-7(11)10(14)13-9(12-8)6-3-4-6/h5-6H,3-4H2,1-2H3,(H,12,13,14). The van der Waals surface area contributed by atoms with Crippen LogP contribution in [-0.4, -0.2) is 9.97 Å². The second-order valence-electron chi connectivity index (χ2n) is 4.08. The van der Waals surface area contributed by atoms with Crippen LogP contribution < -0.4 is 0 Å². The van der Waals surface area contributed by atoms with Gasteiger partial charge in [0, 0.05) is 11.6 Å². The van der Waals surface area contributed by atoms with Gasteiger partial charge in [-0.2, -0.15) is 0 Å². The monoisotopic (exact) mass is 272 g/mol.